The van der Waals surface area contributed by atoms with E-state index in [9.17, 15) is 8.78 Å². The molecule has 5 heteroatoms. The molecule has 1 aliphatic rings. The summed E-state index contributed by atoms with van der Waals surface area (Å²) in [4.78, 5) is 3.71. The summed E-state index contributed by atoms with van der Waals surface area (Å²) in [6.07, 6.45) is 2.23. The van der Waals surface area contributed by atoms with Gasteiger partial charge in [-0.2, -0.15) is 4.98 Å². The van der Waals surface area contributed by atoms with Gasteiger partial charge in [-0.25, -0.2) is 8.78 Å². The summed E-state index contributed by atoms with van der Waals surface area (Å²) in [7, 11) is 1.52. The molecule has 1 saturated carbocycles. The third-order valence-corrected chi connectivity index (χ3v) is 2.29. The van der Waals surface area contributed by atoms with Gasteiger partial charge in [0.05, 0.1) is 6.61 Å². The maximum Gasteiger partial charge on any atom is 0.252 e. The standard InChI is InChI=1S/C10H12F2N2O/c1-13-9-7(11)4-8(12)10(14-9)15-5-6-2-3-6/h4,6H,2-3,5H2,1H3,(H,13,14). The van der Waals surface area contributed by atoms with Crippen molar-refractivity contribution in [2.24, 2.45) is 5.92 Å². The van der Waals surface area contributed by atoms with Crippen molar-refractivity contribution in [2.45, 2.75) is 12.8 Å². The Morgan fingerprint density at radius 2 is 2.20 bits per heavy atom. The molecule has 1 heterocycles. The second-order valence-electron chi connectivity index (χ2n) is 3.61. The molecule has 2 rings (SSSR count). The maximum atomic E-state index is 13.2. The molecule has 15 heavy (non-hydrogen) atoms. The van der Waals surface area contributed by atoms with Crippen LogP contribution in [0, 0.1) is 17.6 Å². The van der Waals surface area contributed by atoms with Crippen LogP contribution in [0.15, 0.2) is 6.07 Å². The Morgan fingerprint density at radius 3 is 2.80 bits per heavy atom. The molecule has 0 bridgehead atoms. The van der Waals surface area contributed by atoms with Gasteiger partial charge in [-0.05, 0) is 18.8 Å². The Hall–Kier alpha value is -1.39. The number of pyridine rings is 1. The van der Waals surface area contributed by atoms with E-state index >= 15 is 0 Å². The summed E-state index contributed by atoms with van der Waals surface area (Å²) < 4.78 is 31.4. The Kier molecular flexibility index (Phi) is 2.70. The average Bonchev–Trinajstić information content (AvgIpc) is 3.00. The predicted molar refractivity (Wildman–Crippen MR) is 51.9 cm³/mol. The van der Waals surface area contributed by atoms with E-state index in [0.29, 0.717) is 12.5 Å². The molecule has 1 aromatic heterocycles. The smallest absolute Gasteiger partial charge is 0.252 e. The van der Waals surface area contributed by atoms with Crippen molar-refractivity contribution in [2.75, 3.05) is 19.0 Å². The summed E-state index contributed by atoms with van der Waals surface area (Å²) in [5, 5.41) is 2.53. The van der Waals surface area contributed by atoms with Crippen LogP contribution in [0.4, 0.5) is 14.6 Å². The molecule has 0 atom stereocenters. The predicted octanol–water partition coefficient (Wildman–Crippen LogP) is 2.19. The third kappa shape index (κ3) is 2.34. The van der Waals surface area contributed by atoms with Crippen molar-refractivity contribution in [1.29, 1.82) is 0 Å². The van der Waals surface area contributed by atoms with Crippen molar-refractivity contribution in [3.05, 3.63) is 17.7 Å². The van der Waals surface area contributed by atoms with Crippen molar-refractivity contribution >= 4 is 5.82 Å². The lowest BCUT2D eigenvalue weighted by molar-refractivity contribution is 0.272. The lowest BCUT2D eigenvalue weighted by atomic mass is 10.4. The van der Waals surface area contributed by atoms with E-state index < -0.39 is 11.6 Å². The monoisotopic (exact) mass is 214 g/mol. The zero-order valence-electron chi connectivity index (χ0n) is 8.39. The Morgan fingerprint density at radius 1 is 1.47 bits per heavy atom. The molecule has 1 aromatic rings. The summed E-state index contributed by atoms with van der Waals surface area (Å²) in [6, 6.07) is 0.779. The average molecular weight is 214 g/mol. The van der Waals surface area contributed by atoms with Gasteiger partial charge in [0, 0.05) is 13.1 Å². The quantitative estimate of drug-likeness (QED) is 0.834. The van der Waals surface area contributed by atoms with E-state index in [1.54, 1.807) is 0 Å². The number of anilines is 1. The van der Waals surface area contributed by atoms with Gasteiger partial charge in [-0.1, -0.05) is 0 Å². The second kappa shape index (κ2) is 4.00. The minimum absolute atomic E-state index is 0.00203. The number of hydrogen-bond donors (Lipinski definition) is 1. The lowest BCUT2D eigenvalue weighted by Crippen LogP contribution is -2.06. The minimum atomic E-state index is -0.757. The molecule has 0 spiro atoms. The number of nitrogens with zero attached hydrogens (tertiary/aromatic N) is 1. The molecule has 0 aliphatic heterocycles. The molecule has 3 nitrogen and oxygen atoms in total. The van der Waals surface area contributed by atoms with Crippen LogP contribution in [0.1, 0.15) is 12.8 Å². The van der Waals surface area contributed by atoms with Gasteiger partial charge >= 0.3 is 0 Å². The normalized spacial score (nSPS) is 15.1. The number of aromatic nitrogens is 1. The first-order valence-electron chi connectivity index (χ1n) is 4.87. The van der Waals surface area contributed by atoms with Crippen molar-refractivity contribution in [3.63, 3.8) is 0 Å². The first kappa shape index (κ1) is 10.1. The first-order chi connectivity index (χ1) is 7.20. The molecule has 0 saturated heterocycles. The summed E-state index contributed by atoms with van der Waals surface area (Å²) in [6.45, 7) is 0.457. The Bertz CT molecular complexity index is 367. The van der Waals surface area contributed by atoms with Crippen LogP contribution in [0.2, 0.25) is 0 Å². The zero-order valence-corrected chi connectivity index (χ0v) is 8.39. The van der Waals surface area contributed by atoms with Crippen LogP contribution in [0.5, 0.6) is 5.88 Å². The maximum absolute atomic E-state index is 13.2. The van der Waals surface area contributed by atoms with E-state index in [0.717, 1.165) is 18.9 Å². The summed E-state index contributed by atoms with van der Waals surface area (Å²) >= 11 is 0. The Balaban J connectivity index is 2.13. The number of rotatable bonds is 4. The number of halogens is 2. The summed E-state index contributed by atoms with van der Waals surface area (Å²) in [5.41, 5.74) is 0. The van der Waals surface area contributed by atoms with Crippen molar-refractivity contribution < 1.29 is 13.5 Å². The number of nitrogens with one attached hydrogen (secondary N) is 1. The summed E-state index contributed by atoms with van der Waals surface area (Å²) in [5.74, 6) is -1.09. The molecule has 0 unspecified atom stereocenters. The highest BCUT2D eigenvalue weighted by Crippen LogP contribution is 2.30. The molecule has 1 N–H and O–H groups in total. The lowest BCUT2D eigenvalue weighted by Gasteiger charge is -2.07. The van der Waals surface area contributed by atoms with E-state index in [1.165, 1.54) is 7.05 Å². The molecule has 1 aliphatic carbocycles. The highest BCUT2D eigenvalue weighted by Gasteiger charge is 2.23. The van der Waals surface area contributed by atoms with Crippen LogP contribution in [-0.4, -0.2) is 18.6 Å². The molecular weight excluding hydrogens is 202 g/mol. The van der Waals surface area contributed by atoms with E-state index in [-0.39, 0.29) is 11.7 Å². The van der Waals surface area contributed by atoms with Gasteiger partial charge in [0.15, 0.2) is 17.5 Å². The van der Waals surface area contributed by atoms with E-state index in [1.807, 2.05) is 0 Å². The fourth-order valence-corrected chi connectivity index (χ4v) is 1.21. The van der Waals surface area contributed by atoms with Crippen LogP contribution >= 0.6 is 0 Å². The van der Waals surface area contributed by atoms with Crippen LogP contribution < -0.4 is 10.1 Å². The van der Waals surface area contributed by atoms with Gasteiger partial charge in [0.2, 0.25) is 0 Å². The topological polar surface area (TPSA) is 34.2 Å². The van der Waals surface area contributed by atoms with E-state index in [2.05, 4.69) is 10.3 Å². The van der Waals surface area contributed by atoms with Crippen molar-refractivity contribution in [1.82, 2.24) is 4.98 Å². The molecular formula is C10H12F2N2O. The molecule has 0 amide bonds. The van der Waals surface area contributed by atoms with Gasteiger partial charge in [-0.15, -0.1) is 0 Å². The molecule has 1 fully saturated rings. The van der Waals surface area contributed by atoms with Crippen molar-refractivity contribution in [3.8, 4) is 5.88 Å². The molecule has 82 valence electrons. The SMILES string of the molecule is CNc1nc(OCC2CC2)c(F)cc1F. The fraction of sp³-hybridized carbons (Fsp3) is 0.500. The van der Waals surface area contributed by atoms with E-state index in [4.69, 9.17) is 4.74 Å². The fourth-order valence-electron chi connectivity index (χ4n) is 1.21. The molecule has 0 aromatic carbocycles. The van der Waals surface area contributed by atoms with Gasteiger partial charge < -0.3 is 10.1 Å². The zero-order chi connectivity index (χ0) is 10.8. The van der Waals surface area contributed by atoms with Gasteiger partial charge in [-0.3, -0.25) is 0 Å². The van der Waals surface area contributed by atoms with Crippen LogP contribution in [-0.2, 0) is 0 Å². The Labute approximate surface area is 86.5 Å². The first-order valence-corrected chi connectivity index (χ1v) is 4.87. The third-order valence-electron chi connectivity index (χ3n) is 2.29. The largest absolute Gasteiger partial charge is 0.475 e. The molecule has 0 radical (unpaired) electrons. The highest BCUT2D eigenvalue weighted by molar-refractivity contribution is 5.38. The van der Waals surface area contributed by atoms with Crippen LogP contribution in [0.3, 0.4) is 0 Å². The minimum Gasteiger partial charge on any atom is -0.475 e. The highest BCUT2D eigenvalue weighted by atomic mass is 19.1. The second-order valence-corrected chi connectivity index (χ2v) is 3.61. The van der Waals surface area contributed by atoms with Crippen LogP contribution in [0.25, 0.3) is 0 Å². The number of hydrogen-bond acceptors (Lipinski definition) is 3. The van der Waals surface area contributed by atoms with Gasteiger partial charge in [0.25, 0.3) is 5.88 Å². The van der Waals surface area contributed by atoms with Gasteiger partial charge in [0.1, 0.15) is 0 Å². The number of ether oxygens (including phenoxy) is 1.